The van der Waals surface area contributed by atoms with Crippen LogP contribution >= 0.6 is 11.6 Å². The number of sulfonamides is 1. The van der Waals surface area contributed by atoms with Crippen LogP contribution in [0.5, 0.6) is 5.75 Å². The first-order valence-corrected chi connectivity index (χ1v) is 8.56. The fourth-order valence-corrected chi connectivity index (χ4v) is 3.79. The zero-order valence-corrected chi connectivity index (χ0v) is 12.7. The number of halogens is 1. The first-order chi connectivity index (χ1) is 10.0. The van der Waals surface area contributed by atoms with Crippen LogP contribution in [0.2, 0.25) is 5.02 Å². The largest absolute Gasteiger partial charge is 0.493 e. The first kappa shape index (κ1) is 14.2. The van der Waals surface area contributed by atoms with Gasteiger partial charge in [-0.3, -0.25) is 4.72 Å². The highest BCUT2D eigenvalue weighted by Crippen LogP contribution is 2.28. The van der Waals surface area contributed by atoms with E-state index < -0.39 is 10.0 Å². The monoisotopic (exact) mass is 323 g/mol. The van der Waals surface area contributed by atoms with Crippen molar-refractivity contribution < 1.29 is 13.2 Å². The van der Waals surface area contributed by atoms with Gasteiger partial charge in [-0.2, -0.15) is 0 Å². The third-order valence-electron chi connectivity index (χ3n) is 3.27. The Labute approximate surface area is 128 Å². The van der Waals surface area contributed by atoms with Crippen molar-refractivity contribution in [3.8, 4) is 5.75 Å². The van der Waals surface area contributed by atoms with Crippen molar-refractivity contribution in [3.05, 3.63) is 58.6 Å². The van der Waals surface area contributed by atoms with Gasteiger partial charge in [-0.1, -0.05) is 29.8 Å². The van der Waals surface area contributed by atoms with Crippen molar-refractivity contribution in [1.29, 1.82) is 0 Å². The smallest absolute Gasteiger partial charge is 0.236 e. The normalized spacial score (nSPS) is 13.6. The summed E-state index contributed by atoms with van der Waals surface area (Å²) in [5, 5.41) is 0.449. The summed E-state index contributed by atoms with van der Waals surface area (Å²) in [6, 6.07) is 12.2. The van der Waals surface area contributed by atoms with Crippen molar-refractivity contribution in [2.24, 2.45) is 0 Å². The first-order valence-electron chi connectivity index (χ1n) is 6.53. The van der Waals surface area contributed by atoms with Gasteiger partial charge < -0.3 is 4.74 Å². The Bertz CT molecular complexity index is 774. The van der Waals surface area contributed by atoms with Crippen molar-refractivity contribution in [1.82, 2.24) is 0 Å². The molecule has 0 fully saturated rings. The van der Waals surface area contributed by atoms with E-state index >= 15 is 0 Å². The van der Waals surface area contributed by atoms with Gasteiger partial charge in [0.2, 0.25) is 10.0 Å². The summed E-state index contributed by atoms with van der Waals surface area (Å²) in [7, 11) is -3.50. The minimum Gasteiger partial charge on any atom is -0.493 e. The van der Waals surface area contributed by atoms with E-state index in [0.717, 1.165) is 17.7 Å². The van der Waals surface area contributed by atoms with Gasteiger partial charge in [-0.15, -0.1) is 0 Å². The number of fused-ring (bicyclic) bond motifs is 1. The molecule has 1 heterocycles. The van der Waals surface area contributed by atoms with Crippen LogP contribution in [0.25, 0.3) is 0 Å². The van der Waals surface area contributed by atoms with Crippen molar-refractivity contribution in [2.75, 3.05) is 11.3 Å². The molecule has 0 atom stereocenters. The summed E-state index contributed by atoms with van der Waals surface area (Å²) in [6.45, 7) is 0.644. The Morgan fingerprint density at radius 2 is 2.00 bits per heavy atom. The van der Waals surface area contributed by atoms with Gasteiger partial charge in [0.1, 0.15) is 5.75 Å². The maximum absolute atomic E-state index is 12.2. The number of anilines is 1. The minimum atomic E-state index is -3.50. The molecule has 0 bridgehead atoms. The van der Waals surface area contributed by atoms with E-state index in [2.05, 4.69) is 4.72 Å². The predicted octanol–water partition coefficient (Wildman–Crippen LogP) is 3.22. The van der Waals surface area contributed by atoms with Crippen LogP contribution in [-0.2, 0) is 22.2 Å². The molecule has 2 aromatic carbocycles. The fraction of sp³-hybridized carbons (Fsp3) is 0.200. The molecule has 0 spiro atoms. The second kappa shape index (κ2) is 5.58. The molecular formula is C15H14ClNO3S. The molecule has 0 aliphatic carbocycles. The van der Waals surface area contributed by atoms with Crippen LogP contribution in [-0.4, -0.2) is 15.0 Å². The molecule has 2 aromatic rings. The second-order valence-electron chi connectivity index (χ2n) is 4.87. The summed E-state index contributed by atoms with van der Waals surface area (Å²) in [5.74, 6) is 0.671. The maximum atomic E-state index is 12.2. The molecule has 0 saturated carbocycles. The summed E-state index contributed by atoms with van der Waals surface area (Å²) >= 11 is 6.00. The number of benzene rings is 2. The number of nitrogens with one attached hydrogen (secondary N) is 1. The van der Waals surface area contributed by atoms with E-state index in [9.17, 15) is 8.42 Å². The molecule has 110 valence electrons. The molecule has 4 nitrogen and oxygen atoms in total. The van der Waals surface area contributed by atoms with Gasteiger partial charge in [-0.25, -0.2) is 8.42 Å². The van der Waals surface area contributed by atoms with E-state index in [1.165, 1.54) is 0 Å². The van der Waals surface area contributed by atoms with Crippen LogP contribution in [0.15, 0.2) is 42.5 Å². The van der Waals surface area contributed by atoms with Crippen LogP contribution in [0, 0.1) is 0 Å². The predicted molar refractivity (Wildman–Crippen MR) is 83.3 cm³/mol. The lowest BCUT2D eigenvalue weighted by atomic mass is 10.1. The van der Waals surface area contributed by atoms with Crippen molar-refractivity contribution in [3.63, 3.8) is 0 Å². The molecule has 6 heteroatoms. The molecule has 0 unspecified atom stereocenters. The average Bonchev–Trinajstić information content (AvgIpc) is 2.88. The Kier molecular flexibility index (Phi) is 3.78. The Morgan fingerprint density at radius 3 is 2.81 bits per heavy atom. The molecule has 1 aliphatic rings. The highest BCUT2D eigenvalue weighted by Gasteiger charge is 2.16. The molecule has 1 aliphatic heterocycles. The van der Waals surface area contributed by atoms with Crippen molar-refractivity contribution >= 4 is 27.3 Å². The number of rotatable bonds is 4. The highest BCUT2D eigenvalue weighted by molar-refractivity contribution is 7.91. The summed E-state index contributed by atoms with van der Waals surface area (Å²) in [4.78, 5) is 0. The third-order valence-corrected chi connectivity index (χ3v) is 4.87. The quantitative estimate of drug-likeness (QED) is 0.940. The lowest BCUT2D eigenvalue weighted by molar-refractivity contribution is 0.357. The Hall–Kier alpha value is -1.72. The average molecular weight is 324 g/mol. The minimum absolute atomic E-state index is 0.153. The Balaban J connectivity index is 1.79. The zero-order valence-electron chi connectivity index (χ0n) is 11.2. The van der Waals surface area contributed by atoms with Gasteiger partial charge in [0, 0.05) is 17.1 Å². The van der Waals surface area contributed by atoms with Gasteiger partial charge in [0.15, 0.2) is 0 Å². The summed E-state index contributed by atoms with van der Waals surface area (Å²) < 4.78 is 32.4. The second-order valence-corrected chi connectivity index (χ2v) is 7.00. The molecule has 3 rings (SSSR count). The van der Waals surface area contributed by atoms with E-state index in [4.69, 9.17) is 16.3 Å². The maximum Gasteiger partial charge on any atom is 0.236 e. The van der Waals surface area contributed by atoms with Crippen LogP contribution in [0.4, 0.5) is 5.69 Å². The molecule has 21 heavy (non-hydrogen) atoms. The van der Waals surface area contributed by atoms with Crippen LogP contribution in [0.1, 0.15) is 11.1 Å². The zero-order chi connectivity index (χ0) is 14.9. The third kappa shape index (κ3) is 3.31. The fourth-order valence-electron chi connectivity index (χ4n) is 2.29. The molecule has 1 N–H and O–H groups in total. The van der Waals surface area contributed by atoms with E-state index in [1.807, 2.05) is 6.07 Å². The van der Waals surface area contributed by atoms with Gasteiger partial charge in [0.05, 0.1) is 12.4 Å². The van der Waals surface area contributed by atoms with E-state index in [1.54, 1.807) is 36.4 Å². The number of hydrogen-bond donors (Lipinski definition) is 1. The SMILES string of the molecule is O=S(=O)(Cc1ccccc1Cl)Nc1ccc2c(c1)CCO2. The highest BCUT2D eigenvalue weighted by atomic mass is 35.5. The van der Waals surface area contributed by atoms with Crippen LogP contribution < -0.4 is 9.46 Å². The van der Waals surface area contributed by atoms with Crippen molar-refractivity contribution in [2.45, 2.75) is 12.2 Å². The molecule has 0 radical (unpaired) electrons. The van der Waals surface area contributed by atoms with E-state index in [-0.39, 0.29) is 5.75 Å². The molecule has 0 aromatic heterocycles. The topological polar surface area (TPSA) is 55.4 Å². The molecule has 0 amide bonds. The van der Waals surface area contributed by atoms with Gasteiger partial charge in [0.25, 0.3) is 0 Å². The lowest BCUT2D eigenvalue weighted by Crippen LogP contribution is -2.15. The lowest BCUT2D eigenvalue weighted by Gasteiger charge is -2.10. The molecule has 0 saturated heterocycles. The number of ether oxygens (including phenoxy) is 1. The standard InChI is InChI=1S/C15H14ClNO3S/c16-14-4-2-1-3-12(14)10-21(18,19)17-13-5-6-15-11(9-13)7-8-20-15/h1-6,9,17H,7-8,10H2. The summed E-state index contributed by atoms with van der Waals surface area (Å²) in [6.07, 6.45) is 0.801. The summed E-state index contributed by atoms with van der Waals surface area (Å²) in [5.41, 5.74) is 2.15. The van der Waals surface area contributed by atoms with Gasteiger partial charge in [-0.05, 0) is 35.4 Å². The molecular weight excluding hydrogens is 310 g/mol. The Morgan fingerprint density at radius 1 is 1.19 bits per heavy atom. The van der Waals surface area contributed by atoms with Gasteiger partial charge >= 0.3 is 0 Å². The number of hydrogen-bond acceptors (Lipinski definition) is 3. The van der Waals surface area contributed by atoms with Crippen LogP contribution in [0.3, 0.4) is 0 Å². The van der Waals surface area contributed by atoms with E-state index in [0.29, 0.717) is 22.9 Å².